The first kappa shape index (κ1) is 11.6. The van der Waals surface area contributed by atoms with Gasteiger partial charge in [-0.25, -0.2) is 0 Å². The Bertz CT molecular complexity index is 356. The van der Waals surface area contributed by atoms with Crippen LogP contribution in [-0.4, -0.2) is 33.8 Å². The Hall–Kier alpha value is -0.870. The second-order valence-electron chi connectivity index (χ2n) is 4.80. The highest BCUT2D eigenvalue weighted by Gasteiger charge is 2.34. The molecule has 4 nitrogen and oxygen atoms in total. The molecule has 1 aromatic heterocycles. The van der Waals surface area contributed by atoms with Crippen LogP contribution >= 0.6 is 0 Å². The zero-order valence-electron chi connectivity index (χ0n) is 10.5. The summed E-state index contributed by atoms with van der Waals surface area (Å²) >= 11 is 0. The van der Waals surface area contributed by atoms with Crippen molar-refractivity contribution in [2.75, 3.05) is 13.1 Å². The van der Waals surface area contributed by atoms with Crippen molar-refractivity contribution in [2.24, 2.45) is 12.8 Å². The monoisotopic (exact) mass is 222 g/mol. The Labute approximate surface area is 97.4 Å². The van der Waals surface area contributed by atoms with Gasteiger partial charge in [-0.15, -0.1) is 0 Å². The summed E-state index contributed by atoms with van der Waals surface area (Å²) in [4.78, 5) is 2.47. The van der Waals surface area contributed by atoms with Crippen LogP contribution in [0, 0.1) is 6.92 Å². The van der Waals surface area contributed by atoms with E-state index in [1.165, 1.54) is 17.7 Å². The zero-order valence-corrected chi connectivity index (χ0v) is 10.5. The third kappa shape index (κ3) is 1.99. The Kier molecular flexibility index (Phi) is 3.30. The molecule has 16 heavy (non-hydrogen) atoms. The van der Waals surface area contributed by atoms with Gasteiger partial charge >= 0.3 is 0 Å². The molecule has 2 rings (SSSR count). The van der Waals surface area contributed by atoms with Crippen molar-refractivity contribution < 1.29 is 0 Å². The molecule has 1 aromatic rings. The number of aromatic nitrogens is 2. The molecule has 2 N–H and O–H groups in total. The number of nitrogens with two attached hydrogens (primary N) is 1. The minimum atomic E-state index is 0.236. The van der Waals surface area contributed by atoms with Crippen LogP contribution < -0.4 is 5.73 Å². The van der Waals surface area contributed by atoms with Crippen LogP contribution in [0.3, 0.4) is 0 Å². The van der Waals surface area contributed by atoms with E-state index in [1.807, 2.05) is 11.7 Å². The molecule has 90 valence electrons. The largest absolute Gasteiger partial charge is 0.326 e. The number of hydrogen-bond acceptors (Lipinski definition) is 3. The average molecular weight is 222 g/mol. The molecule has 0 bridgehead atoms. The molecule has 2 atom stereocenters. The topological polar surface area (TPSA) is 47.1 Å². The van der Waals surface area contributed by atoms with E-state index in [0.29, 0.717) is 6.04 Å². The SMILES string of the molecule is CCCN1CC[C@@H](N)[C@@H]1c1nn(C)cc1C. The van der Waals surface area contributed by atoms with Crippen molar-refractivity contribution >= 4 is 0 Å². The van der Waals surface area contributed by atoms with Crippen molar-refractivity contribution in [2.45, 2.75) is 38.8 Å². The maximum Gasteiger partial charge on any atom is 0.0840 e. The lowest BCUT2D eigenvalue weighted by atomic mass is 10.0. The molecule has 0 amide bonds. The lowest BCUT2D eigenvalue weighted by Gasteiger charge is -2.25. The van der Waals surface area contributed by atoms with Crippen LogP contribution in [0.15, 0.2) is 6.20 Å². The molecule has 1 saturated heterocycles. The van der Waals surface area contributed by atoms with E-state index in [2.05, 4.69) is 30.0 Å². The van der Waals surface area contributed by atoms with E-state index in [-0.39, 0.29) is 6.04 Å². The maximum atomic E-state index is 6.22. The molecule has 0 radical (unpaired) electrons. The lowest BCUT2D eigenvalue weighted by molar-refractivity contribution is 0.242. The van der Waals surface area contributed by atoms with Crippen LogP contribution in [0.2, 0.25) is 0 Å². The van der Waals surface area contributed by atoms with Crippen molar-refractivity contribution in [3.63, 3.8) is 0 Å². The molecular weight excluding hydrogens is 200 g/mol. The molecule has 0 aromatic carbocycles. The summed E-state index contributed by atoms with van der Waals surface area (Å²) in [5.74, 6) is 0. The number of hydrogen-bond donors (Lipinski definition) is 1. The molecule has 0 aliphatic carbocycles. The first-order valence-corrected chi connectivity index (χ1v) is 6.13. The Balaban J connectivity index is 2.26. The van der Waals surface area contributed by atoms with Gasteiger partial charge in [-0.1, -0.05) is 6.92 Å². The molecule has 1 fully saturated rings. The van der Waals surface area contributed by atoms with Crippen LogP contribution in [0.25, 0.3) is 0 Å². The van der Waals surface area contributed by atoms with Crippen molar-refractivity contribution in [3.05, 3.63) is 17.5 Å². The van der Waals surface area contributed by atoms with E-state index < -0.39 is 0 Å². The maximum absolute atomic E-state index is 6.22. The fourth-order valence-electron chi connectivity index (χ4n) is 2.71. The number of rotatable bonds is 3. The van der Waals surface area contributed by atoms with Gasteiger partial charge in [0, 0.05) is 25.8 Å². The number of aryl methyl sites for hydroxylation is 2. The van der Waals surface area contributed by atoms with E-state index in [1.54, 1.807) is 0 Å². The second kappa shape index (κ2) is 4.55. The second-order valence-corrected chi connectivity index (χ2v) is 4.80. The van der Waals surface area contributed by atoms with E-state index in [4.69, 9.17) is 5.73 Å². The third-order valence-electron chi connectivity index (χ3n) is 3.39. The Morgan fingerprint density at radius 3 is 2.88 bits per heavy atom. The van der Waals surface area contributed by atoms with Gasteiger partial charge in [-0.2, -0.15) is 5.10 Å². The summed E-state index contributed by atoms with van der Waals surface area (Å²) < 4.78 is 1.89. The van der Waals surface area contributed by atoms with Gasteiger partial charge in [0.1, 0.15) is 0 Å². The van der Waals surface area contributed by atoms with E-state index >= 15 is 0 Å². The summed E-state index contributed by atoms with van der Waals surface area (Å²) in [6, 6.07) is 0.557. The van der Waals surface area contributed by atoms with Crippen LogP contribution in [-0.2, 0) is 7.05 Å². The summed E-state index contributed by atoms with van der Waals surface area (Å²) in [6.45, 7) is 6.56. The molecule has 2 heterocycles. The minimum Gasteiger partial charge on any atom is -0.326 e. The van der Waals surface area contributed by atoms with E-state index in [9.17, 15) is 0 Å². The minimum absolute atomic E-state index is 0.236. The van der Waals surface area contributed by atoms with Crippen LogP contribution in [0.4, 0.5) is 0 Å². The predicted octanol–water partition coefficient (Wildman–Crippen LogP) is 1.21. The standard InChI is InChI=1S/C12H22N4/c1-4-6-16-7-5-10(13)12(16)11-9(2)8-15(3)14-11/h8,10,12H,4-7,13H2,1-3H3/t10-,12-/m1/s1. The number of nitrogens with zero attached hydrogens (tertiary/aromatic N) is 3. The van der Waals surface area contributed by atoms with Gasteiger partial charge in [0.15, 0.2) is 0 Å². The summed E-state index contributed by atoms with van der Waals surface area (Å²) in [7, 11) is 1.97. The van der Waals surface area contributed by atoms with Crippen LogP contribution in [0.5, 0.6) is 0 Å². The lowest BCUT2D eigenvalue weighted by Crippen LogP contribution is -2.33. The molecule has 0 saturated carbocycles. The van der Waals surface area contributed by atoms with Gasteiger partial charge in [-0.3, -0.25) is 9.58 Å². The number of likely N-dealkylation sites (tertiary alicyclic amines) is 1. The van der Waals surface area contributed by atoms with Crippen molar-refractivity contribution in [1.82, 2.24) is 14.7 Å². The highest BCUT2D eigenvalue weighted by Crippen LogP contribution is 2.31. The first-order chi connectivity index (χ1) is 7.63. The van der Waals surface area contributed by atoms with Crippen LogP contribution in [0.1, 0.15) is 37.1 Å². The fourth-order valence-corrected chi connectivity index (χ4v) is 2.71. The highest BCUT2D eigenvalue weighted by atomic mass is 15.3. The van der Waals surface area contributed by atoms with Gasteiger partial charge in [0.05, 0.1) is 11.7 Å². The van der Waals surface area contributed by atoms with Gasteiger partial charge in [0.25, 0.3) is 0 Å². The molecule has 0 unspecified atom stereocenters. The van der Waals surface area contributed by atoms with Gasteiger partial charge in [0.2, 0.25) is 0 Å². The molecule has 1 aliphatic heterocycles. The first-order valence-electron chi connectivity index (χ1n) is 6.13. The highest BCUT2D eigenvalue weighted by molar-refractivity contribution is 5.22. The van der Waals surface area contributed by atoms with Crippen molar-refractivity contribution in [3.8, 4) is 0 Å². The molecule has 0 spiro atoms. The third-order valence-corrected chi connectivity index (χ3v) is 3.39. The average Bonchev–Trinajstić information content (AvgIpc) is 2.71. The van der Waals surface area contributed by atoms with Gasteiger partial charge < -0.3 is 5.73 Å². The fraction of sp³-hybridized carbons (Fsp3) is 0.750. The smallest absolute Gasteiger partial charge is 0.0840 e. The Morgan fingerprint density at radius 1 is 1.56 bits per heavy atom. The Morgan fingerprint density at radius 2 is 2.31 bits per heavy atom. The molecular formula is C12H22N4. The molecule has 4 heteroatoms. The van der Waals surface area contributed by atoms with E-state index in [0.717, 1.165) is 19.5 Å². The summed E-state index contributed by atoms with van der Waals surface area (Å²) in [6.07, 6.45) is 4.33. The normalized spacial score (nSPS) is 26.5. The predicted molar refractivity (Wildman–Crippen MR) is 65.1 cm³/mol. The summed E-state index contributed by atoms with van der Waals surface area (Å²) in [5.41, 5.74) is 8.64. The van der Waals surface area contributed by atoms with Gasteiger partial charge in [-0.05, 0) is 31.9 Å². The quantitative estimate of drug-likeness (QED) is 0.836. The van der Waals surface area contributed by atoms with Crippen molar-refractivity contribution in [1.29, 1.82) is 0 Å². The zero-order chi connectivity index (χ0) is 11.7. The summed E-state index contributed by atoms with van der Waals surface area (Å²) in [5, 5.41) is 4.57. The molecule has 1 aliphatic rings.